The van der Waals surface area contributed by atoms with Crippen molar-refractivity contribution in [2.75, 3.05) is 64.3 Å². The van der Waals surface area contributed by atoms with Gasteiger partial charge in [-0.05, 0) is 93.6 Å². The molecule has 0 atom stereocenters. The molecule has 8 rings (SSSR count). The lowest BCUT2D eigenvalue weighted by atomic mass is 9.87. The number of hydrogen-bond acceptors (Lipinski definition) is 17. The molecule has 2 aliphatic heterocycles. The number of nitrogens with two attached hydrogens (primary N) is 1. The van der Waals surface area contributed by atoms with Crippen LogP contribution in [0.15, 0.2) is 92.9 Å². The fourth-order valence-electron chi connectivity index (χ4n) is 7.52. The quantitative estimate of drug-likeness (QED) is 0.0542. The Kier molecular flexibility index (Phi) is 15.6. The number of para-hydroxylation sites is 4. The lowest BCUT2D eigenvalue weighted by Gasteiger charge is -2.40. The summed E-state index contributed by atoms with van der Waals surface area (Å²) >= 11 is 5.88. The first-order valence-corrected chi connectivity index (χ1v) is 25.2. The maximum Gasteiger partial charge on any atom is 0.408 e. The summed E-state index contributed by atoms with van der Waals surface area (Å²) in [6.45, 7) is 7.15. The van der Waals surface area contributed by atoms with Crippen LogP contribution in [0.3, 0.4) is 0 Å². The topological polar surface area (TPSA) is 245 Å². The number of carboxylic acid groups (broad SMARTS) is 1. The highest BCUT2D eigenvalue weighted by molar-refractivity contribution is 7.14. The van der Waals surface area contributed by atoms with Crippen LogP contribution in [0, 0.1) is 0 Å². The van der Waals surface area contributed by atoms with Crippen LogP contribution >= 0.6 is 45.3 Å². The Hall–Kier alpha value is -6.59. The van der Waals surface area contributed by atoms with E-state index in [0.29, 0.717) is 72.0 Å². The van der Waals surface area contributed by atoms with Crippen molar-refractivity contribution >= 4 is 120 Å². The number of carbonyl (C=O) groups is 5. The number of likely N-dealkylation sites (N-methyl/N-ethyl adjacent to an activating group) is 1. The first kappa shape index (κ1) is 49.3. The average molecular weight is 1000 g/mol. The van der Waals surface area contributed by atoms with Crippen molar-refractivity contribution in [1.82, 2.24) is 20.6 Å². The minimum Gasteiger partial charge on any atom is -0.480 e. The smallest absolute Gasteiger partial charge is 0.408 e. The van der Waals surface area contributed by atoms with Gasteiger partial charge in [-0.1, -0.05) is 24.3 Å². The second-order valence-corrected chi connectivity index (χ2v) is 20.3. The molecule has 2 saturated heterocycles. The van der Waals surface area contributed by atoms with Crippen LogP contribution in [0.1, 0.15) is 67.4 Å². The Morgan fingerprint density at radius 3 is 1.56 bits per heavy atom. The normalized spacial score (nSPS) is 15.2. The molecule has 0 radical (unpaired) electrons. The molecule has 0 bridgehead atoms. The molecular weight excluding hydrogens is 947 g/mol. The number of rotatable bonds is 13. The molecule has 0 unspecified atom stereocenters. The highest BCUT2D eigenvalue weighted by atomic mass is 32.1. The number of thiazole rings is 2. The molecule has 358 valence electrons. The van der Waals surface area contributed by atoms with Gasteiger partial charge in [-0.2, -0.15) is 22.7 Å². The summed E-state index contributed by atoms with van der Waals surface area (Å²) in [6, 6.07) is 18.9. The van der Waals surface area contributed by atoms with Gasteiger partial charge in [-0.15, -0.1) is 22.7 Å². The van der Waals surface area contributed by atoms with Gasteiger partial charge >= 0.3 is 12.1 Å². The molecule has 18 nitrogen and oxygen atoms in total. The van der Waals surface area contributed by atoms with Gasteiger partial charge in [-0.3, -0.25) is 14.4 Å². The van der Waals surface area contributed by atoms with Crippen molar-refractivity contribution in [1.29, 1.82) is 0 Å². The number of amides is 4. The third-order valence-electron chi connectivity index (χ3n) is 11.1. The van der Waals surface area contributed by atoms with Crippen LogP contribution in [0.25, 0.3) is 0 Å². The number of benzene rings is 2. The second-order valence-electron chi connectivity index (χ2n) is 17.0. The summed E-state index contributed by atoms with van der Waals surface area (Å²) in [4.78, 5) is 75.2. The molecule has 4 aromatic heterocycles. The third kappa shape index (κ3) is 12.5. The van der Waals surface area contributed by atoms with E-state index in [9.17, 15) is 29.1 Å². The van der Waals surface area contributed by atoms with E-state index in [0.717, 1.165) is 22.7 Å². The lowest BCUT2D eigenvalue weighted by Crippen LogP contribution is -2.60. The van der Waals surface area contributed by atoms with Crippen molar-refractivity contribution in [2.45, 2.75) is 63.1 Å². The van der Waals surface area contributed by atoms with Crippen LogP contribution in [0.5, 0.6) is 0 Å². The van der Waals surface area contributed by atoms with Gasteiger partial charge in [0, 0.05) is 54.7 Å². The molecule has 2 aliphatic rings. The van der Waals surface area contributed by atoms with Gasteiger partial charge in [0.15, 0.2) is 10.3 Å². The zero-order chi connectivity index (χ0) is 48.5. The van der Waals surface area contributed by atoms with Crippen molar-refractivity contribution in [2.24, 2.45) is 5.73 Å². The molecule has 4 amide bonds. The fraction of sp³-hybridized carbons (Fsp3) is 0.326. The standard InChI is InChI=1S/C25H29N5O5S2.C21H24N6O2S2/c1-24(2,3)35-23(34)29-25(21(32)33)9-11-30(12-10-25)19-7-5-4-6-17(19)27-20(31)18-15-37-22(28-18)26-16-8-13-36-14-16;1-23-19(29)21(22)7-9-27(10-8-21)17-5-3-2-4-15(17)25-18(28)16-13-31-20(26-16)24-14-6-11-30-12-14/h4-8,13-15H,9-12H2,1-3H3,(H,26,28)(H,27,31)(H,29,34)(H,32,33);2-6,11-13H,7-10,22H2,1H3,(H,23,29)(H,24,26)(H,25,28). The summed E-state index contributed by atoms with van der Waals surface area (Å²) in [6.07, 6.45) is 0.672. The summed E-state index contributed by atoms with van der Waals surface area (Å²) in [5, 5.41) is 40.0. The molecular formula is C46H53N11O7S4. The Labute approximate surface area is 409 Å². The molecule has 9 N–H and O–H groups in total. The van der Waals surface area contributed by atoms with E-state index in [4.69, 9.17) is 10.5 Å². The Balaban J connectivity index is 0.000000204. The zero-order valence-corrected chi connectivity index (χ0v) is 41.1. The van der Waals surface area contributed by atoms with E-state index in [2.05, 4.69) is 46.8 Å². The highest BCUT2D eigenvalue weighted by Gasteiger charge is 2.44. The van der Waals surface area contributed by atoms with Crippen LogP contribution in [0.4, 0.5) is 49.2 Å². The zero-order valence-electron chi connectivity index (χ0n) is 37.8. The van der Waals surface area contributed by atoms with Crippen molar-refractivity contribution < 1.29 is 33.8 Å². The number of anilines is 8. The Morgan fingerprint density at radius 2 is 1.15 bits per heavy atom. The SMILES string of the molecule is CC(C)(C)OC(=O)NC1(C(=O)O)CCN(c2ccccc2NC(=O)c2csc(Nc3ccsc3)n2)CC1.CNC(=O)C1(N)CCN(c2ccccc2NC(=O)c2csc(Nc3ccsc3)n2)CC1. The number of piperidine rings is 2. The van der Waals surface area contributed by atoms with Gasteiger partial charge < -0.3 is 57.3 Å². The predicted octanol–water partition coefficient (Wildman–Crippen LogP) is 8.39. The lowest BCUT2D eigenvalue weighted by molar-refractivity contribution is -0.145. The number of nitrogens with one attached hydrogen (secondary N) is 6. The summed E-state index contributed by atoms with van der Waals surface area (Å²) in [5.74, 6) is -1.85. The molecule has 0 spiro atoms. The minimum absolute atomic E-state index is 0.135. The molecule has 6 aromatic rings. The van der Waals surface area contributed by atoms with Gasteiger partial charge in [0.05, 0.1) is 39.7 Å². The van der Waals surface area contributed by atoms with Gasteiger partial charge in [0.25, 0.3) is 11.8 Å². The van der Waals surface area contributed by atoms with Gasteiger partial charge in [-0.25, -0.2) is 19.6 Å². The van der Waals surface area contributed by atoms with Crippen LogP contribution < -0.4 is 47.4 Å². The first-order chi connectivity index (χ1) is 32.5. The molecule has 22 heteroatoms. The number of thiophene rings is 2. The second kappa shape index (κ2) is 21.6. The van der Waals surface area contributed by atoms with E-state index >= 15 is 0 Å². The minimum atomic E-state index is -1.43. The summed E-state index contributed by atoms with van der Waals surface area (Å²) < 4.78 is 5.28. The van der Waals surface area contributed by atoms with E-state index < -0.39 is 28.7 Å². The molecule has 2 fully saturated rings. The molecule has 0 aliphatic carbocycles. The van der Waals surface area contributed by atoms with Gasteiger partial charge in [0.1, 0.15) is 22.5 Å². The van der Waals surface area contributed by atoms with Crippen molar-refractivity contribution in [3.8, 4) is 0 Å². The number of ether oxygens (including phenoxy) is 1. The first-order valence-electron chi connectivity index (χ1n) is 21.6. The Morgan fingerprint density at radius 1 is 0.691 bits per heavy atom. The Bertz CT molecular complexity index is 2680. The number of hydrogen-bond donors (Lipinski definition) is 8. The monoisotopic (exact) mass is 999 g/mol. The number of carbonyl (C=O) groups excluding carboxylic acids is 4. The van der Waals surface area contributed by atoms with E-state index in [1.54, 1.807) is 67.3 Å². The van der Waals surface area contributed by atoms with E-state index in [1.165, 1.54) is 22.7 Å². The number of nitrogens with zero attached hydrogens (tertiary/aromatic N) is 4. The van der Waals surface area contributed by atoms with Gasteiger partial charge in [0.2, 0.25) is 5.91 Å². The predicted molar refractivity (Wildman–Crippen MR) is 272 cm³/mol. The van der Waals surface area contributed by atoms with Crippen molar-refractivity contribution in [3.63, 3.8) is 0 Å². The molecule has 6 heterocycles. The highest BCUT2D eigenvalue weighted by Crippen LogP contribution is 2.34. The van der Waals surface area contributed by atoms with E-state index in [1.807, 2.05) is 81.0 Å². The molecule has 0 saturated carbocycles. The third-order valence-corrected chi connectivity index (χ3v) is 14.0. The van der Waals surface area contributed by atoms with Crippen LogP contribution in [-0.2, 0) is 14.3 Å². The van der Waals surface area contributed by atoms with Crippen LogP contribution in [-0.4, -0.2) is 94.8 Å². The molecule has 2 aromatic carbocycles. The summed E-state index contributed by atoms with van der Waals surface area (Å²) in [7, 11) is 1.61. The number of aromatic nitrogens is 2. The molecule has 68 heavy (non-hydrogen) atoms. The number of carboxylic acids is 1. The maximum absolute atomic E-state index is 12.9. The fourth-order valence-corrected chi connectivity index (χ4v) is 10.1. The summed E-state index contributed by atoms with van der Waals surface area (Å²) in [5.41, 5.74) is 8.75. The van der Waals surface area contributed by atoms with Crippen LogP contribution in [0.2, 0.25) is 0 Å². The maximum atomic E-state index is 12.9. The number of alkyl carbamates (subject to hydrolysis) is 1. The van der Waals surface area contributed by atoms with E-state index in [-0.39, 0.29) is 30.6 Å². The van der Waals surface area contributed by atoms with Crippen molar-refractivity contribution in [3.05, 3.63) is 104 Å². The average Bonchev–Trinajstić information content (AvgIpc) is 4.18. The largest absolute Gasteiger partial charge is 0.480 e. The number of aliphatic carboxylic acids is 1.